The molecule has 0 aliphatic carbocycles. The van der Waals surface area contributed by atoms with E-state index in [9.17, 15) is 19.2 Å². The number of esters is 1. The summed E-state index contributed by atoms with van der Waals surface area (Å²) in [6.45, 7) is 8.31. The SMILES string of the molecule is CCOC(=O)c1c(C(C(=O)NCc2ccccc2)N(Cc2ccccc2)C(C)=O)c2ccc(Cl)cc2n1C(=O)OC(C)(C)C. The van der Waals surface area contributed by atoms with Gasteiger partial charge in [-0.1, -0.05) is 78.3 Å². The molecule has 1 heterocycles. The van der Waals surface area contributed by atoms with Crippen molar-refractivity contribution in [1.82, 2.24) is 14.8 Å². The van der Waals surface area contributed by atoms with Gasteiger partial charge >= 0.3 is 12.1 Å². The number of nitrogens with one attached hydrogen (secondary N) is 1. The number of amides is 2. The third kappa shape index (κ3) is 7.47. The van der Waals surface area contributed by atoms with Crippen LogP contribution >= 0.6 is 11.6 Å². The average Bonchev–Trinajstić information content (AvgIpc) is 3.30. The summed E-state index contributed by atoms with van der Waals surface area (Å²) in [5, 5.41) is 3.59. The number of halogens is 1. The highest BCUT2D eigenvalue weighted by atomic mass is 35.5. The quantitative estimate of drug-likeness (QED) is 0.211. The van der Waals surface area contributed by atoms with E-state index in [4.69, 9.17) is 21.1 Å². The maximum Gasteiger partial charge on any atom is 0.419 e. The van der Waals surface area contributed by atoms with Crippen LogP contribution in [0, 0.1) is 0 Å². The van der Waals surface area contributed by atoms with Gasteiger partial charge in [-0.05, 0) is 51.0 Å². The minimum atomic E-state index is -1.34. The number of rotatable bonds is 9. The Bertz CT molecular complexity index is 1660. The van der Waals surface area contributed by atoms with Gasteiger partial charge in [-0.3, -0.25) is 9.59 Å². The molecule has 0 bridgehead atoms. The van der Waals surface area contributed by atoms with Crippen LogP contribution in [0.15, 0.2) is 78.9 Å². The monoisotopic (exact) mass is 617 g/mol. The molecule has 1 atom stereocenters. The molecule has 4 aromatic rings. The Hall–Kier alpha value is -4.63. The summed E-state index contributed by atoms with van der Waals surface area (Å²) in [6.07, 6.45) is -0.861. The van der Waals surface area contributed by atoms with E-state index >= 15 is 0 Å². The molecule has 10 heteroatoms. The zero-order valence-corrected chi connectivity index (χ0v) is 26.2. The maximum atomic E-state index is 14.3. The van der Waals surface area contributed by atoms with E-state index < -0.39 is 35.5 Å². The molecular formula is C34H36ClN3O6. The Balaban J connectivity index is 2.01. The van der Waals surface area contributed by atoms with Crippen molar-refractivity contribution in [3.63, 3.8) is 0 Å². The van der Waals surface area contributed by atoms with Gasteiger partial charge in [-0.25, -0.2) is 14.2 Å². The minimum absolute atomic E-state index is 0.000180. The van der Waals surface area contributed by atoms with Gasteiger partial charge in [0.15, 0.2) is 0 Å². The lowest BCUT2D eigenvalue weighted by Gasteiger charge is -2.31. The van der Waals surface area contributed by atoms with E-state index in [2.05, 4.69) is 5.32 Å². The van der Waals surface area contributed by atoms with Gasteiger partial charge in [0.05, 0.1) is 12.1 Å². The van der Waals surface area contributed by atoms with Gasteiger partial charge in [-0.15, -0.1) is 0 Å². The van der Waals surface area contributed by atoms with E-state index in [-0.39, 0.29) is 36.5 Å². The number of hydrogen-bond donors (Lipinski definition) is 1. The summed E-state index contributed by atoms with van der Waals surface area (Å²) in [6, 6.07) is 21.9. The molecule has 3 aromatic carbocycles. The van der Waals surface area contributed by atoms with Gasteiger partial charge in [-0.2, -0.15) is 0 Å². The molecule has 230 valence electrons. The van der Waals surface area contributed by atoms with E-state index in [1.54, 1.807) is 39.8 Å². The zero-order valence-electron chi connectivity index (χ0n) is 25.4. The molecule has 0 saturated heterocycles. The highest BCUT2D eigenvalue weighted by Gasteiger charge is 2.40. The third-order valence-electron chi connectivity index (χ3n) is 6.76. The largest absolute Gasteiger partial charge is 0.461 e. The Morgan fingerprint density at radius 1 is 0.932 bits per heavy atom. The van der Waals surface area contributed by atoms with Gasteiger partial charge in [0, 0.05) is 36.0 Å². The van der Waals surface area contributed by atoms with E-state index in [1.165, 1.54) is 17.9 Å². The summed E-state index contributed by atoms with van der Waals surface area (Å²) < 4.78 is 12.2. The minimum Gasteiger partial charge on any atom is -0.461 e. The molecule has 1 aromatic heterocycles. The Labute approximate surface area is 261 Å². The molecule has 0 radical (unpaired) electrons. The fourth-order valence-corrected chi connectivity index (χ4v) is 5.10. The molecule has 1 unspecified atom stereocenters. The molecule has 0 aliphatic heterocycles. The Morgan fingerprint density at radius 2 is 1.55 bits per heavy atom. The molecule has 9 nitrogen and oxygen atoms in total. The molecule has 0 fully saturated rings. The predicted octanol–water partition coefficient (Wildman–Crippen LogP) is 6.66. The number of carbonyl (C=O) groups excluding carboxylic acids is 4. The van der Waals surface area contributed by atoms with Crippen molar-refractivity contribution in [2.45, 2.75) is 59.4 Å². The molecular weight excluding hydrogens is 582 g/mol. The average molecular weight is 618 g/mol. The Kier molecular flexibility index (Phi) is 10.1. The summed E-state index contributed by atoms with van der Waals surface area (Å²) in [4.78, 5) is 56.5. The van der Waals surface area contributed by atoms with Crippen LogP contribution in [0.3, 0.4) is 0 Å². The molecule has 0 spiro atoms. The van der Waals surface area contributed by atoms with Crippen molar-refractivity contribution in [2.75, 3.05) is 6.61 Å². The van der Waals surface area contributed by atoms with Gasteiger partial charge in [0.25, 0.3) is 0 Å². The maximum absolute atomic E-state index is 14.3. The lowest BCUT2D eigenvalue weighted by atomic mass is 9.98. The highest BCUT2D eigenvalue weighted by Crippen LogP contribution is 2.38. The van der Waals surface area contributed by atoms with Crippen molar-refractivity contribution in [2.24, 2.45) is 0 Å². The first kappa shape index (κ1) is 32.3. The predicted molar refractivity (Wildman–Crippen MR) is 168 cm³/mol. The summed E-state index contributed by atoms with van der Waals surface area (Å²) in [5.41, 5.74) is 0.818. The van der Waals surface area contributed by atoms with Crippen LogP contribution in [-0.4, -0.2) is 45.6 Å². The summed E-state index contributed by atoms with van der Waals surface area (Å²) in [5.74, 6) is -1.83. The van der Waals surface area contributed by atoms with E-state index in [0.717, 1.165) is 15.7 Å². The molecule has 0 aliphatic rings. The van der Waals surface area contributed by atoms with Crippen LogP contribution in [0.25, 0.3) is 10.9 Å². The highest BCUT2D eigenvalue weighted by molar-refractivity contribution is 6.31. The number of hydrogen-bond acceptors (Lipinski definition) is 6. The number of aromatic nitrogens is 1. The number of fused-ring (bicyclic) bond motifs is 1. The van der Waals surface area contributed by atoms with Gasteiger partial charge in [0.2, 0.25) is 11.8 Å². The first-order chi connectivity index (χ1) is 20.9. The summed E-state index contributed by atoms with van der Waals surface area (Å²) >= 11 is 6.39. The van der Waals surface area contributed by atoms with Crippen molar-refractivity contribution in [3.05, 3.63) is 106 Å². The second-order valence-corrected chi connectivity index (χ2v) is 11.6. The lowest BCUT2D eigenvalue weighted by Crippen LogP contribution is -2.43. The molecule has 4 rings (SSSR count). The lowest BCUT2D eigenvalue weighted by molar-refractivity contribution is -0.140. The van der Waals surface area contributed by atoms with Crippen molar-refractivity contribution in [3.8, 4) is 0 Å². The molecule has 1 N–H and O–H groups in total. The van der Waals surface area contributed by atoms with Crippen molar-refractivity contribution < 1.29 is 28.7 Å². The molecule has 2 amide bonds. The van der Waals surface area contributed by atoms with Crippen molar-refractivity contribution in [1.29, 1.82) is 0 Å². The van der Waals surface area contributed by atoms with Crippen LogP contribution in [0.2, 0.25) is 5.02 Å². The van der Waals surface area contributed by atoms with Crippen LogP contribution in [0.5, 0.6) is 0 Å². The van der Waals surface area contributed by atoms with Crippen LogP contribution in [0.1, 0.15) is 67.8 Å². The fraction of sp³-hybridized carbons (Fsp3) is 0.294. The molecule has 0 saturated carbocycles. The fourth-order valence-electron chi connectivity index (χ4n) is 4.94. The number of ether oxygens (including phenoxy) is 2. The van der Waals surface area contributed by atoms with Gasteiger partial charge < -0.3 is 19.7 Å². The van der Waals surface area contributed by atoms with Crippen LogP contribution < -0.4 is 5.32 Å². The first-order valence-electron chi connectivity index (χ1n) is 14.3. The second-order valence-electron chi connectivity index (χ2n) is 11.2. The van der Waals surface area contributed by atoms with Crippen molar-refractivity contribution >= 4 is 46.4 Å². The normalized spacial score (nSPS) is 12.0. The Morgan fingerprint density at radius 3 is 2.11 bits per heavy atom. The smallest absolute Gasteiger partial charge is 0.419 e. The number of benzene rings is 3. The van der Waals surface area contributed by atoms with Gasteiger partial charge in [0.1, 0.15) is 17.3 Å². The molecule has 44 heavy (non-hydrogen) atoms. The third-order valence-corrected chi connectivity index (χ3v) is 6.99. The van der Waals surface area contributed by atoms with E-state index in [0.29, 0.717) is 10.4 Å². The second kappa shape index (κ2) is 13.8. The van der Waals surface area contributed by atoms with Crippen LogP contribution in [-0.2, 0) is 32.2 Å². The zero-order chi connectivity index (χ0) is 32.0. The topological polar surface area (TPSA) is 107 Å². The standard InChI is InChI=1S/C34H36ClN3O6/c1-6-43-32(41)30-28(26-18-17-25(35)19-27(26)38(30)33(42)44-34(3,4)5)29(31(40)36-20-23-13-9-7-10-14-23)37(22(2)39)21-24-15-11-8-12-16-24/h7-19,29H,6,20-21H2,1-5H3,(H,36,40). The summed E-state index contributed by atoms with van der Waals surface area (Å²) in [7, 11) is 0. The number of nitrogens with zero attached hydrogens (tertiary/aromatic N) is 2. The number of carbonyl (C=O) groups is 4. The van der Waals surface area contributed by atoms with E-state index in [1.807, 2.05) is 60.7 Å². The van der Waals surface area contributed by atoms with Crippen LogP contribution in [0.4, 0.5) is 4.79 Å². The first-order valence-corrected chi connectivity index (χ1v) is 14.7.